The van der Waals surface area contributed by atoms with E-state index in [1.807, 2.05) is 30.3 Å². The number of aliphatic hydroxyl groups is 1. The number of hydrogen-bond acceptors (Lipinski definition) is 3. The van der Waals surface area contributed by atoms with Crippen molar-refractivity contribution in [3.8, 4) is 17.2 Å². The first-order chi connectivity index (χ1) is 14.6. The van der Waals surface area contributed by atoms with Crippen LogP contribution in [0.4, 0.5) is 9.18 Å². The van der Waals surface area contributed by atoms with Crippen LogP contribution in [0.25, 0.3) is 11.1 Å². The number of likely N-dealkylation sites (tertiary alicyclic amines) is 1. The molecule has 1 aliphatic heterocycles. The van der Waals surface area contributed by atoms with E-state index < -0.39 is 12.1 Å². The van der Waals surface area contributed by atoms with E-state index in [9.17, 15) is 19.6 Å². The summed E-state index contributed by atoms with van der Waals surface area (Å²) in [5, 5.41) is 22.7. The summed E-state index contributed by atoms with van der Waals surface area (Å²) < 4.78 is 13.5. The van der Waals surface area contributed by atoms with Crippen molar-refractivity contribution in [3.63, 3.8) is 0 Å². The lowest BCUT2D eigenvalue weighted by Gasteiger charge is -2.51. The van der Waals surface area contributed by atoms with Crippen molar-refractivity contribution < 1.29 is 14.3 Å². The van der Waals surface area contributed by atoms with E-state index in [0.29, 0.717) is 0 Å². The third kappa shape index (κ3) is 3.90. The van der Waals surface area contributed by atoms with E-state index in [1.54, 1.807) is 6.07 Å². The molecule has 5 nitrogen and oxygen atoms in total. The fourth-order valence-electron chi connectivity index (χ4n) is 4.75. The second-order valence-corrected chi connectivity index (χ2v) is 8.17. The van der Waals surface area contributed by atoms with Crippen LogP contribution in [0, 0.1) is 17.1 Å². The van der Waals surface area contributed by atoms with Gasteiger partial charge in [0.15, 0.2) is 0 Å². The highest BCUT2D eigenvalue weighted by Gasteiger charge is 2.52. The van der Waals surface area contributed by atoms with Crippen LogP contribution in [0.3, 0.4) is 0 Å². The molecule has 2 aromatic carbocycles. The van der Waals surface area contributed by atoms with Gasteiger partial charge in [0.1, 0.15) is 11.9 Å². The molecule has 1 saturated heterocycles. The van der Waals surface area contributed by atoms with E-state index >= 15 is 0 Å². The van der Waals surface area contributed by atoms with Gasteiger partial charge in [-0.15, -0.1) is 0 Å². The lowest BCUT2D eigenvalue weighted by Crippen LogP contribution is -2.67. The number of rotatable bonds is 4. The van der Waals surface area contributed by atoms with Crippen molar-refractivity contribution in [2.45, 2.75) is 56.1 Å². The fraction of sp³-hybridized carbons (Fsp3) is 0.417. The van der Waals surface area contributed by atoms with Gasteiger partial charge >= 0.3 is 6.03 Å². The molecule has 0 bridgehead atoms. The summed E-state index contributed by atoms with van der Waals surface area (Å²) in [6, 6.07) is 15.0. The van der Waals surface area contributed by atoms with Crippen LogP contribution < -0.4 is 5.32 Å². The molecule has 2 N–H and O–H groups in total. The minimum absolute atomic E-state index is 0.148. The molecule has 2 fully saturated rings. The molecule has 1 saturated carbocycles. The van der Waals surface area contributed by atoms with Crippen molar-refractivity contribution in [2.75, 3.05) is 6.61 Å². The van der Waals surface area contributed by atoms with Crippen molar-refractivity contribution in [2.24, 2.45) is 0 Å². The molecule has 4 rings (SSSR count). The summed E-state index contributed by atoms with van der Waals surface area (Å²) in [6.07, 6.45) is 5.34. The fourth-order valence-corrected chi connectivity index (χ4v) is 4.75. The average Bonchev–Trinajstić information content (AvgIpc) is 2.75. The summed E-state index contributed by atoms with van der Waals surface area (Å²) in [5.74, 6) is -0.543. The minimum Gasteiger partial charge on any atom is -0.394 e. The van der Waals surface area contributed by atoms with Gasteiger partial charge in [-0.3, -0.25) is 0 Å². The molecule has 0 unspecified atom stereocenters. The molecule has 2 aromatic rings. The van der Waals surface area contributed by atoms with Gasteiger partial charge in [-0.2, -0.15) is 5.26 Å². The number of nitrogens with zero attached hydrogens (tertiary/aromatic N) is 2. The van der Waals surface area contributed by atoms with Gasteiger partial charge in [0.25, 0.3) is 0 Å². The zero-order valence-corrected chi connectivity index (χ0v) is 16.8. The van der Waals surface area contributed by atoms with E-state index in [1.165, 1.54) is 23.5 Å². The predicted octanol–water partition coefficient (Wildman–Crippen LogP) is 4.19. The monoisotopic (exact) mass is 407 g/mol. The zero-order chi connectivity index (χ0) is 21.1. The van der Waals surface area contributed by atoms with Crippen LogP contribution in [-0.2, 0) is 0 Å². The molecule has 0 spiro atoms. The van der Waals surface area contributed by atoms with Crippen molar-refractivity contribution in [1.82, 2.24) is 10.2 Å². The van der Waals surface area contributed by atoms with Gasteiger partial charge < -0.3 is 15.3 Å². The standard InChI is InChI=1S/C24H26FN3O2/c25-19-6-4-5-18(13-19)16-9-11-17(12-10-16)23-21(14-26)28(22(23)15-29)24(30)27-20-7-2-1-3-8-20/h4-6,9-13,20-23,29H,1-3,7-8,15H2,(H,27,30)/t21-,22+,23-/m1/s1. The Morgan fingerprint density at radius 1 is 1.13 bits per heavy atom. The first kappa shape index (κ1) is 20.4. The number of urea groups is 1. The Balaban J connectivity index is 1.50. The smallest absolute Gasteiger partial charge is 0.319 e. The molecule has 30 heavy (non-hydrogen) atoms. The molecule has 6 heteroatoms. The maximum Gasteiger partial charge on any atom is 0.319 e. The first-order valence-corrected chi connectivity index (χ1v) is 10.6. The molecule has 156 valence electrons. The number of carbonyl (C=O) groups excluding carboxylic acids is 1. The highest BCUT2D eigenvalue weighted by atomic mass is 19.1. The summed E-state index contributed by atoms with van der Waals surface area (Å²) in [7, 11) is 0. The Labute approximate surface area is 176 Å². The number of amides is 2. The molecule has 3 atom stereocenters. The number of halogens is 1. The normalized spacial score (nSPS) is 24.0. The van der Waals surface area contributed by atoms with Crippen LogP contribution in [0.1, 0.15) is 43.6 Å². The Bertz CT molecular complexity index is 934. The maximum atomic E-state index is 13.5. The minimum atomic E-state index is -0.620. The highest BCUT2D eigenvalue weighted by molar-refractivity contribution is 5.78. The van der Waals surface area contributed by atoms with Crippen LogP contribution in [0.2, 0.25) is 0 Å². The van der Waals surface area contributed by atoms with E-state index in [4.69, 9.17) is 0 Å². The largest absolute Gasteiger partial charge is 0.394 e. The number of nitrogens with one attached hydrogen (secondary N) is 1. The number of aliphatic hydroxyl groups excluding tert-OH is 1. The number of carbonyl (C=O) groups is 1. The van der Waals surface area contributed by atoms with E-state index in [0.717, 1.165) is 42.4 Å². The lowest BCUT2D eigenvalue weighted by molar-refractivity contribution is 0.0153. The van der Waals surface area contributed by atoms with E-state index in [-0.39, 0.29) is 30.4 Å². The molecular formula is C24H26FN3O2. The molecular weight excluding hydrogens is 381 g/mol. The summed E-state index contributed by atoms with van der Waals surface area (Å²) >= 11 is 0. The van der Waals surface area contributed by atoms with E-state index in [2.05, 4.69) is 11.4 Å². The van der Waals surface area contributed by atoms with Gasteiger partial charge in [0.2, 0.25) is 0 Å². The molecule has 2 amide bonds. The van der Waals surface area contributed by atoms with Crippen molar-refractivity contribution in [3.05, 3.63) is 59.9 Å². The van der Waals surface area contributed by atoms with Gasteiger partial charge in [-0.1, -0.05) is 55.7 Å². The lowest BCUT2D eigenvalue weighted by atomic mass is 9.75. The summed E-state index contributed by atoms with van der Waals surface area (Å²) in [4.78, 5) is 14.3. The van der Waals surface area contributed by atoms with Crippen LogP contribution in [-0.4, -0.2) is 40.8 Å². The number of hydrogen-bond donors (Lipinski definition) is 2. The second kappa shape index (κ2) is 8.85. The quantitative estimate of drug-likeness (QED) is 0.798. The summed E-state index contributed by atoms with van der Waals surface area (Å²) in [5.41, 5.74) is 2.54. The van der Waals surface area contributed by atoms with Crippen LogP contribution >= 0.6 is 0 Å². The Hall–Kier alpha value is -2.91. The first-order valence-electron chi connectivity index (χ1n) is 10.6. The number of nitriles is 1. The van der Waals surface area contributed by atoms with Crippen molar-refractivity contribution >= 4 is 6.03 Å². The predicted molar refractivity (Wildman–Crippen MR) is 112 cm³/mol. The number of benzene rings is 2. The Kier molecular flexibility index (Phi) is 6.01. The molecule has 1 heterocycles. The van der Waals surface area contributed by atoms with Crippen LogP contribution in [0.15, 0.2) is 48.5 Å². The SMILES string of the molecule is N#C[C@@H]1[C@@H](c2ccc(-c3cccc(F)c3)cc2)[C@H](CO)N1C(=O)NC1CCCCC1. The molecule has 0 radical (unpaired) electrons. The highest BCUT2D eigenvalue weighted by Crippen LogP contribution is 2.41. The average molecular weight is 407 g/mol. The van der Waals surface area contributed by atoms with Gasteiger partial charge in [-0.25, -0.2) is 9.18 Å². The third-order valence-electron chi connectivity index (χ3n) is 6.35. The molecule has 2 aliphatic rings. The topological polar surface area (TPSA) is 76.4 Å². The van der Waals surface area contributed by atoms with Crippen molar-refractivity contribution in [1.29, 1.82) is 5.26 Å². The molecule has 0 aromatic heterocycles. The van der Waals surface area contributed by atoms with Gasteiger partial charge in [-0.05, 0) is 41.7 Å². The van der Waals surface area contributed by atoms with Gasteiger partial charge in [0.05, 0.1) is 18.7 Å². The van der Waals surface area contributed by atoms with Crippen LogP contribution in [0.5, 0.6) is 0 Å². The van der Waals surface area contributed by atoms with Gasteiger partial charge in [0, 0.05) is 12.0 Å². The zero-order valence-electron chi connectivity index (χ0n) is 16.8. The second-order valence-electron chi connectivity index (χ2n) is 8.17. The maximum absolute atomic E-state index is 13.5. The third-order valence-corrected chi connectivity index (χ3v) is 6.35. The Morgan fingerprint density at radius 2 is 1.87 bits per heavy atom. The molecule has 1 aliphatic carbocycles. The Morgan fingerprint density at radius 3 is 2.50 bits per heavy atom. The summed E-state index contributed by atoms with van der Waals surface area (Å²) in [6.45, 7) is -0.202.